The first-order valence-electron chi connectivity index (χ1n) is 5.37. The predicted molar refractivity (Wildman–Crippen MR) is 62.3 cm³/mol. The monoisotopic (exact) mass is 225 g/mol. The standard InChI is InChI=1S/C13H17F2N/c1-4-16-13(9(2)3)8-10-5-6-11(14)12(15)7-10/h5-7,13,16H,2,4,8H2,1,3H3. The summed E-state index contributed by atoms with van der Waals surface area (Å²) in [4.78, 5) is 0. The Kier molecular flexibility index (Phi) is 4.62. The maximum atomic E-state index is 13.0. The molecular weight excluding hydrogens is 208 g/mol. The minimum Gasteiger partial charge on any atom is -0.310 e. The summed E-state index contributed by atoms with van der Waals surface area (Å²) in [6, 6.07) is 4.11. The summed E-state index contributed by atoms with van der Waals surface area (Å²) in [7, 11) is 0. The van der Waals surface area contributed by atoms with Crippen LogP contribution in [0.1, 0.15) is 19.4 Å². The van der Waals surface area contributed by atoms with Crippen molar-refractivity contribution in [1.82, 2.24) is 5.32 Å². The molecule has 1 N–H and O–H groups in total. The SMILES string of the molecule is C=C(C)C(Cc1ccc(F)c(F)c1)NCC. The second-order valence-electron chi connectivity index (χ2n) is 3.91. The Morgan fingerprint density at radius 3 is 2.56 bits per heavy atom. The van der Waals surface area contributed by atoms with E-state index in [1.165, 1.54) is 6.07 Å². The molecular formula is C13H17F2N. The van der Waals surface area contributed by atoms with Gasteiger partial charge in [0, 0.05) is 6.04 Å². The molecule has 0 aliphatic heterocycles. The van der Waals surface area contributed by atoms with Crippen molar-refractivity contribution in [3.05, 3.63) is 47.5 Å². The molecule has 0 aliphatic rings. The molecule has 0 saturated heterocycles. The number of nitrogens with one attached hydrogen (secondary N) is 1. The van der Waals surface area contributed by atoms with Crippen LogP contribution in [0.15, 0.2) is 30.4 Å². The number of halogens is 2. The van der Waals surface area contributed by atoms with Crippen molar-refractivity contribution in [1.29, 1.82) is 0 Å². The Morgan fingerprint density at radius 1 is 1.38 bits per heavy atom. The molecule has 0 spiro atoms. The normalized spacial score (nSPS) is 12.5. The molecule has 1 unspecified atom stereocenters. The second kappa shape index (κ2) is 5.75. The molecule has 1 aromatic rings. The summed E-state index contributed by atoms with van der Waals surface area (Å²) in [5, 5.41) is 3.25. The number of hydrogen-bond donors (Lipinski definition) is 1. The Bertz CT molecular complexity index is 374. The highest BCUT2D eigenvalue weighted by atomic mass is 19.2. The zero-order valence-corrected chi connectivity index (χ0v) is 9.69. The van der Waals surface area contributed by atoms with Gasteiger partial charge >= 0.3 is 0 Å². The van der Waals surface area contributed by atoms with Gasteiger partial charge in [-0.2, -0.15) is 0 Å². The molecule has 0 bridgehead atoms. The molecule has 1 aromatic carbocycles. The highest BCUT2D eigenvalue weighted by Gasteiger charge is 2.10. The topological polar surface area (TPSA) is 12.0 Å². The van der Waals surface area contributed by atoms with Crippen molar-refractivity contribution < 1.29 is 8.78 Å². The van der Waals surface area contributed by atoms with Crippen LogP contribution in [-0.4, -0.2) is 12.6 Å². The number of rotatable bonds is 5. The van der Waals surface area contributed by atoms with E-state index in [1.807, 2.05) is 13.8 Å². The maximum Gasteiger partial charge on any atom is 0.159 e. The van der Waals surface area contributed by atoms with Gasteiger partial charge in [-0.05, 0) is 37.6 Å². The van der Waals surface area contributed by atoms with Gasteiger partial charge in [0.1, 0.15) is 0 Å². The van der Waals surface area contributed by atoms with Gasteiger partial charge in [-0.25, -0.2) is 8.78 Å². The zero-order chi connectivity index (χ0) is 12.1. The van der Waals surface area contributed by atoms with Gasteiger partial charge in [-0.3, -0.25) is 0 Å². The lowest BCUT2D eigenvalue weighted by atomic mass is 10.0. The van der Waals surface area contributed by atoms with E-state index in [0.717, 1.165) is 23.7 Å². The number of likely N-dealkylation sites (N-methyl/N-ethyl adjacent to an activating group) is 1. The van der Waals surface area contributed by atoms with E-state index in [0.29, 0.717) is 6.42 Å². The minimum absolute atomic E-state index is 0.106. The lowest BCUT2D eigenvalue weighted by Gasteiger charge is -2.18. The largest absolute Gasteiger partial charge is 0.310 e. The highest BCUT2D eigenvalue weighted by molar-refractivity contribution is 5.21. The minimum atomic E-state index is -0.806. The van der Waals surface area contributed by atoms with Crippen LogP contribution < -0.4 is 5.32 Å². The predicted octanol–water partition coefficient (Wildman–Crippen LogP) is 3.06. The molecule has 0 amide bonds. The van der Waals surface area contributed by atoms with E-state index in [1.54, 1.807) is 6.07 Å². The molecule has 1 rings (SSSR count). The summed E-state index contributed by atoms with van der Waals surface area (Å²) in [6.07, 6.45) is 0.625. The van der Waals surface area contributed by atoms with Crippen LogP contribution in [-0.2, 0) is 6.42 Å². The molecule has 0 saturated carbocycles. The third-order valence-electron chi connectivity index (χ3n) is 2.47. The summed E-state index contributed by atoms with van der Waals surface area (Å²) in [5.41, 5.74) is 1.76. The number of benzene rings is 1. The quantitative estimate of drug-likeness (QED) is 0.759. The summed E-state index contributed by atoms with van der Waals surface area (Å²) < 4.78 is 25.7. The molecule has 1 atom stereocenters. The van der Waals surface area contributed by atoms with Gasteiger partial charge in [0.2, 0.25) is 0 Å². The van der Waals surface area contributed by atoms with Crippen molar-refractivity contribution in [2.45, 2.75) is 26.3 Å². The summed E-state index contributed by atoms with van der Waals surface area (Å²) in [5.74, 6) is -1.60. The molecule has 0 fully saturated rings. The smallest absolute Gasteiger partial charge is 0.159 e. The van der Waals surface area contributed by atoms with Gasteiger partial charge in [0.25, 0.3) is 0 Å². The van der Waals surface area contributed by atoms with E-state index in [4.69, 9.17) is 0 Å². The third kappa shape index (κ3) is 3.42. The average molecular weight is 225 g/mol. The Morgan fingerprint density at radius 2 is 2.06 bits per heavy atom. The first-order chi connectivity index (χ1) is 7.54. The second-order valence-corrected chi connectivity index (χ2v) is 3.91. The van der Waals surface area contributed by atoms with E-state index in [2.05, 4.69) is 11.9 Å². The van der Waals surface area contributed by atoms with E-state index in [9.17, 15) is 8.78 Å². The van der Waals surface area contributed by atoms with Gasteiger partial charge in [0.15, 0.2) is 11.6 Å². The van der Waals surface area contributed by atoms with Crippen LogP contribution in [0.4, 0.5) is 8.78 Å². The molecule has 0 aromatic heterocycles. The molecule has 3 heteroatoms. The fourth-order valence-electron chi connectivity index (χ4n) is 1.57. The molecule has 0 aliphatic carbocycles. The van der Waals surface area contributed by atoms with Crippen molar-refractivity contribution in [3.8, 4) is 0 Å². The van der Waals surface area contributed by atoms with Gasteiger partial charge in [-0.1, -0.05) is 25.1 Å². The zero-order valence-electron chi connectivity index (χ0n) is 9.69. The average Bonchev–Trinajstić information content (AvgIpc) is 2.22. The van der Waals surface area contributed by atoms with Crippen LogP contribution in [0.2, 0.25) is 0 Å². The molecule has 16 heavy (non-hydrogen) atoms. The Balaban J connectivity index is 2.77. The number of hydrogen-bond acceptors (Lipinski definition) is 1. The van der Waals surface area contributed by atoms with Crippen LogP contribution in [0.3, 0.4) is 0 Å². The summed E-state index contributed by atoms with van der Waals surface area (Å²) in [6.45, 7) is 8.63. The van der Waals surface area contributed by atoms with Crippen LogP contribution in [0.25, 0.3) is 0 Å². The third-order valence-corrected chi connectivity index (χ3v) is 2.47. The first-order valence-corrected chi connectivity index (χ1v) is 5.37. The Labute approximate surface area is 95.2 Å². The fraction of sp³-hybridized carbons (Fsp3) is 0.385. The molecule has 0 heterocycles. The lowest BCUT2D eigenvalue weighted by Crippen LogP contribution is -2.31. The van der Waals surface area contributed by atoms with E-state index >= 15 is 0 Å². The van der Waals surface area contributed by atoms with E-state index in [-0.39, 0.29) is 6.04 Å². The summed E-state index contributed by atoms with van der Waals surface area (Å²) >= 11 is 0. The molecule has 88 valence electrons. The van der Waals surface area contributed by atoms with Crippen LogP contribution in [0, 0.1) is 11.6 Å². The van der Waals surface area contributed by atoms with Crippen LogP contribution >= 0.6 is 0 Å². The van der Waals surface area contributed by atoms with Gasteiger partial charge < -0.3 is 5.32 Å². The van der Waals surface area contributed by atoms with Gasteiger partial charge in [-0.15, -0.1) is 0 Å². The van der Waals surface area contributed by atoms with E-state index < -0.39 is 11.6 Å². The molecule has 1 nitrogen and oxygen atoms in total. The lowest BCUT2D eigenvalue weighted by molar-refractivity contribution is 0.505. The van der Waals surface area contributed by atoms with Gasteiger partial charge in [0.05, 0.1) is 0 Å². The van der Waals surface area contributed by atoms with Crippen molar-refractivity contribution >= 4 is 0 Å². The Hall–Kier alpha value is -1.22. The van der Waals surface area contributed by atoms with Crippen LogP contribution in [0.5, 0.6) is 0 Å². The fourth-order valence-corrected chi connectivity index (χ4v) is 1.57. The van der Waals surface area contributed by atoms with Crippen molar-refractivity contribution in [2.75, 3.05) is 6.54 Å². The maximum absolute atomic E-state index is 13.0. The van der Waals surface area contributed by atoms with Crippen molar-refractivity contribution in [2.24, 2.45) is 0 Å². The molecule has 0 radical (unpaired) electrons. The van der Waals surface area contributed by atoms with Crippen molar-refractivity contribution in [3.63, 3.8) is 0 Å². The first kappa shape index (κ1) is 12.8. The highest BCUT2D eigenvalue weighted by Crippen LogP contribution is 2.13.